The molecule has 22 heavy (non-hydrogen) atoms. The highest BCUT2D eigenvalue weighted by Crippen LogP contribution is 2.08. The second kappa shape index (κ2) is 8.12. The van der Waals surface area contributed by atoms with Gasteiger partial charge in [0.15, 0.2) is 0 Å². The van der Waals surface area contributed by atoms with Gasteiger partial charge < -0.3 is 10.2 Å². The summed E-state index contributed by atoms with van der Waals surface area (Å²) in [6, 6.07) is 9.88. The van der Waals surface area contributed by atoms with Crippen molar-refractivity contribution >= 4 is 11.7 Å². The summed E-state index contributed by atoms with van der Waals surface area (Å²) in [6.45, 7) is 3.56. The first-order chi connectivity index (χ1) is 10.7. The van der Waals surface area contributed by atoms with E-state index in [0.717, 1.165) is 24.9 Å². The topological polar surface area (TPSA) is 58.1 Å². The molecule has 0 radical (unpaired) electrons. The molecule has 0 spiro atoms. The van der Waals surface area contributed by atoms with Crippen LogP contribution in [0.4, 0.5) is 5.82 Å². The summed E-state index contributed by atoms with van der Waals surface area (Å²) in [5.74, 6) is 0.576. The summed E-state index contributed by atoms with van der Waals surface area (Å²) in [7, 11) is 1.77. The van der Waals surface area contributed by atoms with Crippen molar-refractivity contribution in [2.24, 2.45) is 0 Å². The van der Waals surface area contributed by atoms with Crippen molar-refractivity contribution in [3.05, 3.63) is 54.0 Å². The van der Waals surface area contributed by atoms with Crippen molar-refractivity contribution < 1.29 is 4.79 Å². The number of nitrogens with zero attached hydrogens (tertiary/aromatic N) is 3. The van der Waals surface area contributed by atoms with Crippen molar-refractivity contribution in [3.8, 4) is 0 Å². The van der Waals surface area contributed by atoms with E-state index in [9.17, 15) is 4.79 Å². The molecular weight excluding hydrogens is 276 g/mol. The normalized spacial score (nSPS) is 10.3. The van der Waals surface area contributed by atoms with E-state index in [4.69, 9.17) is 0 Å². The van der Waals surface area contributed by atoms with E-state index in [1.807, 2.05) is 30.3 Å². The Bertz CT molecular complexity index is 583. The van der Waals surface area contributed by atoms with Gasteiger partial charge in [0.25, 0.3) is 5.91 Å². The van der Waals surface area contributed by atoms with E-state index in [-0.39, 0.29) is 5.91 Å². The highest BCUT2D eigenvalue weighted by atomic mass is 16.2. The minimum absolute atomic E-state index is 0.128. The maximum absolute atomic E-state index is 12.3. The second-order valence-corrected chi connectivity index (χ2v) is 5.21. The maximum atomic E-state index is 12.3. The highest BCUT2D eigenvalue weighted by molar-refractivity contribution is 5.91. The summed E-state index contributed by atoms with van der Waals surface area (Å²) >= 11 is 0. The fraction of sp³-hybridized carbons (Fsp3) is 0.353. The Morgan fingerprint density at radius 1 is 1.18 bits per heavy atom. The van der Waals surface area contributed by atoms with Gasteiger partial charge in [-0.25, -0.2) is 9.97 Å². The van der Waals surface area contributed by atoms with Crippen LogP contribution in [0.1, 0.15) is 35.8 Å². The van der Waals surface area contributed by atoms with Gasteiger partial charge in [0.1, 0.15) is 11.5 Å². The van der Waals surface area contributed by atoms with Gasteiger partial charge in [-0.3, -0.25) is 4.79 Å². The van der Waals surface area contributed by atoms with Crippen molar-refractivity contribution in [2.45, 2.75) is 26.3 Å². The lowest BCUT2D eigenvalue weighted by Crippen LogP contribution is -2.27. The quantitative estimate of drug-likeness (QED) is 0.798. The molecule has 0 atom stereocenters. The van der Waals surface area contributed by atoms with E-state index in [1.165, 1.54) is 6.20 Å². The smallest absolute Gasteiger partial charge is 0.274 e. The molecule has 0 unspecified atom stereocenters. The zero-order valence-electron chi connectivity index (χ0n) is 13.1. The molecule has 2 rings (SSSR count). The number of anilines is 1. The van der Waals surface area contributed by atoms with Crippen LogP contribution in [0.5, 0.6) is 0 Å². The molecule has 1 heterocycles. The van der Waals surface area contributed by atoms with Crippen molar-refractivity contribution in [2.75, 3.05) is 18.9 Å². The van der Waals surface area contributed by atoms with Gasteiger partial charge in [0.2, 0.25) is 0 Å². The second-order valence-electron chi connectivity index (χ2n) is 5.21. The number of unbranched alkanes of at least 4 members (excludes halogenated alkanes) is 1. The van der Waals surface area contributed by atoms with Crippen LogP contribution >= 0.6 is 0 Å². The first-order valence-corrected chi connectivity index (χ1v) is 7.56. The van der Waals surface area contributed by atoms with Gasteiger partial charge in [-0.1, -0.05) is 43.7 Å². The molecule has 0 aliphatic heterocycles. The molecule has 0 fully saturated rings. The van der Waals surface area contributed by atoms with Gasteiger partial charge in [0, 0.05) is 20.1 Å². The molecule has 0 saturated carbocycles. The molecule has 2 aromatic rings. The molecule has 1 amide bonds. The summed E-state index contributed by atoms with van der Waals surface area (Å²) in [5, 5.41) is 3.18. The number of carbonyl (C=O) groups is 1. The lowest BCUT2D eigenvalue weighted by atomic mass is 10.2. The van der Waals surface area contributed by atoms with Crippen LogP contribution < -0.4 is 5.32 Å². The number of benzene rings is 1. The minimum Gasteiger partial charge on any atom is -0.369 e. The predicted molar refractivity (Wildman–Crippen MR) is 87.7 cm³/mol. The number of amides is 1. The fourth-order valence-corrected chi connectivity index (χ4v) is 2.05. The summed E-state index contributed by atoms with van der Waals surface area (Å²) in [6.07, 6.45) is 5.35. The van der Waals surface area contributed by atoms with Crippen LogP contribution in [0.15, 0.2) is 42.7 Å². The van der Waals surface area contributed by atoms with Gasteiger partial charge >= 0.3 is 0 Å². The standard InChI is InChI=1S/C17H22N4O/c1-3-4-10-18-16-12-19-15(11-20-16)17(22)21(2)13-14-8-6-5-7-9-14/h5-9,11-12H,3-4,10,13H2,1-2H3,(H,18,20). The summed E-state index contributed by atoms with van der Waals surface area (Å²) in [4.78, 5) is 22.4. The Balaban J connectivity index is 1.94. The third-order valence-corrected chi connectivity index (χ3v) is 3.32. The van der Waals surface area contributed by atoms with Gasteiger partial charge in [-0.05, 0) is 12.0 Å². The summed E-state index contributed by atoms with van der Waals surface area (Å²) < 4.78 is 0. The summed E-state index contributed by atoms with van der Waals surface area (Å²) in [5.41, 5.74) is 1.45. The Kier molecular flexibility index (Phi) is 5.89. The van der Waals surface area contributed by atoms with Crippen molar-refractivity contribution in [1.29, 1.82) is 0 Å². The SMILES string of the molecule is CCCCNc1cnc(C(=O)N(C)Cc2ccccc2)cn1. The molecule has 5 heteroatoms. The molecule has 5 nitrogen and oxygen atoms in total. The number of nitrogens with one attached hydrogen (secondary N) is 1. The number of hydrogen-bond donors (Lipinski definition) is 1. The number of carbonyl (C=O) groups excluding carboxylic acids is 1. The Labute approximate surface area is 131 Å². The third-order valence-electron chi connectivity index (χ3n) is 3.32. The molecule has 0 aliphatic carbocycles. The van der Waals surface area contributed by atoms with Gasteiger partial charge in [0.05, 0.1) is 12.4 Å². The highest BCUT2D eigenvalue weighted by Gasteiger charge is 2.13. The monoisotopic (exact) mass is 298 g/mol. The van der Waals surface area contributed by atoms with Crippen LogP contribution in [0.2, 0.25) is 0 Å². The first-order valence-electron chi connectivity index (χ1n) is 7.56. The van der Waals surface area contributed by atoms with Crippen LogP contribution in [0.25, 0.3) is 0 Å². The lowest BCUT2D eigenvalue weighted by molar-refractivity contribution is 0.0779. The van der Waals surface area contributed by atoms with E-state index in [2.05, 4.69) is 22.2 Å². The molecular formula is C17H22N4O. The van der Waals surface area contributed by atoms with Gasteiger partial charge in [-0.15, -0.1) is 0 Å². The van der Waals surface area contributed by atoms with Gasteiger partial charge in [-0.2, -0.15) is 0 Å². The molecule has 1 N–H and O–H groups in total. The number of rotatable bonds is 7. The third kappa shape index (κ3) is 4.55. The minimum atomic E-state index is -0.128. The van der Waals surface area contributed by atoms with Crippen LogP contribution in [0, 0.1) is 0 Å². The van der Waals surface area contributed by atoms with E-state index >= 15 is 0 Å². The Hall–Kier alpha value is -2.43. The van der Waals surface area contributed by atoms with E-state index in [1.54, 1.807) is 18.1 Å². The fourth-order valence-electron chi connectivity index (χ4n) is 2.05. The number of aromatic nitrogens is 2. The molecule has 0 bridgehead atoms. The molecule has 1 aromatic heterocycles. The zero-order chi connectivity index (χ0) is 15.8. The largest absolute Gasteiger partial charge is 0.369 e. The lowest BCUT2D eigenvalue weighted by Gasteiger charge is -2.16. The predicted octanol–water partition coefficient (Wildman–Crippen LogP) is 2.96. The van der Waals surface area contributed by atoms with E-state index < -0.39 is 0 Å². The molecule has 0 saturated heterocycles. The van der Waals surface area contributed by atoms with Crippen molar-refractivity contribution in [3.63, 3.8) is 0 Å². The Morgan fingerprint density at radius 2 is 1.95 bits per heavy atom. The van der Waals surface area contributed by atoms with Crippen molar-refractivity contribution in [1.82, 2.24) is 14.9 Å². The van der Waals surface area contributed by atoms with Crippen LogP contribution in [-0.2, 0) is 6.54 Å². The first kappa shape index (κ1) is 15.9. The van der Waals surface area contributed by atoms with Crippen LogP contribution in [0.3, 0.4) is 0 Å². The maximum Gasteiger partial charge on any atom is 0.274 e. The average Bonchev–Trinajstić information content (AvgIpc) is 2.56. The zero-order valence-corrected chi connectivity index (χ0v) is 13.1. The molecule has 1 aromatic carbocycles. The Morgan fingerprint density at radius 3 is 2.59 bits per heavy atom. The van der Waals surface area contributed by atoms with E-state index in [0.29, 0.717) is 18.1 Å². The average molecular weight is 298 g/mol. The van der Waals surface area contributed by atoms with Crippen LogP contribution in [-0.4, -0.2) is 34.4 Å². The molecule has 0 aliphatic rings. The molecule has 116 valence electrons. The number of hydrogen-bond acceptors (Lipinski definition) is 4.